The molecule has 1 N–H and O–H groups in total. The third kappa shape index (κ3) is 3.72. The minimum Gasteiger partial charge on any atom is -0.497 e. The van der Waals surface area contributed by atoms with Gasteiger partial charge in [-0.15, -0.1) is 16.4 Å². The molecule has 0 fully saturated rings. The summed E-state index contributed by atoms with van der Waals surface area (Å²) in [6, 6.07) is 9.28. The minimum absolute atomic E-state index is 0.0394. The highest BCUT2D eigenvalue weighted by Crippen LogP contribution is 2.30. The number of fused-ring (bicyclic) bond motifs is 1. The Hall–Kier alpha value is -4.39. The molecule has 0 aliphatic heterocycles. The van der Waals surface area contributed by atoms with E-state index in [0.29, 0.717) is 10.7 Å². The van der Waals surface area contributed by atoms with Crippen LogP contribution in [0.3, 0.4) is 0 Å². The van der Waals surface area contributed by atoms with E-state index in [0.717, 1.165) is 23.4 Å². The fourth-order valence-electron chi connectivity index (χ4n) is 3.06. The van der Waals surface area contributed by atoms with Crippen molar-refractivity contribution in [3.63, 3.8) is 0 Å². The molecule has 4 rings (SSSR count). The first kappa shape index (κ1) is 20.9. The standard InChI is InChI=1S/C19H14N6O6S/c1-10-14(24(27)28)7-12(8-15(10)25(29)30)17(26)20-18-21-19-23(22-18)16(9-32-19)11-3-5-13(31-2)6-4-11/h3-9H,1-2H3,(H,20,22,26). The number of anilines is 1. The number of carbonyl (C=O) groups is 1. The number of carbonyl (C=O) groups excluding carboxylic acids is 1. The van der Waals surface area contributed by atoms with Gasteiger partial charge in [-0.25, -0.2) is 4.52 Å². The zero-order chi connectivity index (χ0) is 23.0. The molecule has 0 unspecified atom stereocenters. The lowest BCUT2D eigenvalue weighted by Gasteiger charge is -2.04. The minimum atomic E-state index is -0.805. The highest BCUT2D eigenvalue weighted by Gasteiger charge is 2.26. The number of ether oxygens (including phenoxy) is 1. The molecule has 13 heteroatoms. The molecule has 0 spiro atoms. The number of nitrogens with one attached hydrogen (secondary N) is 1. The molecule has 0 aliphatic rings. The number of rotatable bonds is 6. The number of nitro groups is 2. The number of hydrogen-bond acceptors (Lipinski definition) is 9. The zero-order valence-electron chi connectivity index (χ0n) is 16.6. The molecular formula is C19H14N6O6S. The molecule has 2 aromatic heterocycles. The molecular weight excluding hydrogens is 440 g/mol. The summed E-state index contributed by atoms with van der Waals surface area (Å²) in [6.45, 7) is 1.25. The average Bonchev–Trinajstić information content (AvgIpc) is 3.33. The van der Waals surface area contributed by atoms with Crippen molar-refractivity contribution in [3.8, 4) is 17.0 Å². The summed E-state index contributed by atoms with van der Waals surface area (Å²) in [4.78, 5) is 38.3. The number of hydrogen-bond donors (Lipinski definition) is 1. The Balaban J connectivity index is 1.65. The number of benzene rings is 2. The number of nitrogens with zero attached hydrogens (tertiary/aromatic N) is 5. The van der Waals surface area contributed by atoms with Gasteiger partial charge in [0.1, 0.15) is 11.3 Å². The van der Waals surface area contributed by atoms with E-state index in [2.05, 4.69) is 15.4 Å². The Labute approximate surface area is 183 Å². The fraction of sp³-hybridized carbons (Fsp3) is 0.105. The van der Waals surface area contributed by atoms with E-state index >= 15 is 0 Å². The van der Waals surface area contributed by atoms with Gasteiger partial charge >= 0.3 is 0 Å². The van der Waals surface area contributed by atoms with Gasteiger partial charge in [-0.1, -0.05) is 0 Å². The van der Waals surface area contributed by atoms with Crippen LogP contribution in [-0.2, 0) is 0 Å². The van der Waals surface area contributed by atoms with Crippen molar-refractivity contribution in [3.05, 3.63) is 73.1 Å². The Morgan fingerprint density at radius 3 is 2.31 bits per heavy atom. The first-order chi connectivity index (χ1) is 15.3. The number of aromatic nitrogens is 3. The van der Waals surface area contributed by atoms with Crippen LogP contribution in [0, 0.1) is 27.2 Å². The summed E-state index contributed by atoms with van der Waals surface area (Å²) in [7, 11) is 1.57. The van der Waals surface area contributed by atoms with E-state index in [1.807, 2.05) is 17.5 Å². The molecule has 0 saturated heterocycles. The van der Waals surface area contributed by atoms with E-state index < -0.39 is 27.1 Å². The van der Waals surface area contributed by atoms with E-state index in [1.54, 1.807) is 23.8 Å². The lowest BCUT2D eigenvalue weighted by molar-refractivity contribution is -0.395. The Morgan fingerprint density at radius 1 is 1.12 bits per heavy atom. The molecule has 4 aromatic rings. The molecule has 2 heterocycles. The van der Waals surface area contributed by atoms with Crippen molar-refractivity contribution < 1.29 is 19.4 Å². The Kier molecular flexibility index (Phi) is 5.24. The third-order valence-electron chi connectivity index (χ3n) is 4.70. The van der Waals surface area contributed by atoms with Crippen LogP contribution in [-0.4, -0.2) is 37.5 Å². The zero-order valence-corrected chi connectivity index (χ0v) is 17.5. The molecule has 0 aliphatic carbocycles. The summed E-state index contributed by atoms with van der Waals surface area (Å²) in [5, 5.41) is 31.1. The van der Waals surface area contributed by atoms with Crippen LogP contribution in [0.2, 0.25) is 0 Å². The van der Waals surface area contributed by atoms with Crippen molar-refractivity contribution in [2.24, 2.45) is 0 Å². The number of amides is 1. The molecule has 162 valence electrons. The highest BCUT2D eigenvalue weighted by atomic mass is 32.1. The van der Waals surface area contributed by atoms with Gasteiger partial charge in [0.05, 0.1) is 28.2 Å². The predicted molar refractivity (Wildman–Crippen MR) is 115 cm³/mol. The predicted octanol–water partition coefficient (Wildman–Crippen LogP) is 3.84. The molecule has 0 saturated carbocycles. The average molecular weight is 454 g/mol. The number of thiazole rings is 1. The van der Waals surface area contributed by atoms with Crippen LogP contribution >= 0.6 is 11.3 Å². The van der Waals surface area contributed by atoms with Crippen LogP contribution < -0.4 is 10.1 Å². The lowest BCUT2D eigenvalue weighted by atomic mass is 10.1. The Morgan fingerprint density at radius 2 is 1.75 bits per heavy atom. The van der Waals surface area contributed by atoms with Crippen molar-refractivity contribution in [2.45, 2.75) is 6.92 Å². The van der Waals surface area contributed by atoms with Crippen LogP contribution in [0.4, 0.5) is 17.3 Å². The summed E-state index contributed by atoms with van der Waals surface area (Å²) in [5.74, 6) is -0.143. The van der Waals surface area contributed by atoms with Gasteiger partial charge in [0.2, 0.25) is 4.96 Å². The Bertz CT molecular complexity index is 1340. The first-order valence-corrected chi connectivity index (χ1v) is 9.90. The van der Waals surface area contributed by atoms with Crippen LogP contribution in [0.1, 0.15) is 15.9 Å². The summed E-state index contributed by atoms with van der Waals surface area (Å²) < 4.78 is 6.70. The summed E-state index contributed by atoms with van der Waals surface area (Å²) in [5.41, 5.74) is 0.158. The fourth-order valence-corrected chi connectivity index (χ4v) is 3.89. The maximum atomic E-state index is 12.6. The lowest BCUT2D eigenvalue weighted by Crippen LogP contribution is -2.14. The van der Waals surface area contributed by atoms with Gasteiger partial charge in [-0.2, -0.15) is 4.98 Å². The van der Waals surface area contributed by atoms with Gasteiger partial charge in [0, 0.05) is 23.1 Å². The maximum Gasteiger partial charge on any atom is 0.279 e. The topological polar surface area (TPSA) is 155 Å². The van der Waals surface area contributed by atoms with Crippen LogP contribution in [0.5, 0.6) is 5.75 Å². The second kappa shape index (κ2) is 8.03. The van der Waals surface area contributed by atoms with Gasteiger partial charge in [0.25, 0.3) is 23.2 Å². The normalized spacial score (nSPS) is 10.8. The molecule has 0 radical (unpaired) electrons. The third-order valence-corrected chi connectivity index (χ3v) is 5.52. The maximum absolute atomic E-state index is 12.6. The van der Waals surface area contributed by atoms with Gasteiger partial charge in [-0.05, 0) is 31.2 Å². The number of methoxy groups -OCH3 is 1. The monoisotopic (exact) mass is 454 g/mol. The van der Waals surface area contributed by atoms with Crippen LogP contribution in [0.25, 0.3) is 16.2 Å². The summed E-state index contributed by atoms with van der Waals surface area (Å²) >= 11 is 1.31. The first-order valence-electron chi connectivity index (χ1n) is 9.02. The van der Waals surface area contributed by atoms with Gasteiger partial charge in [0.15, 0.2) is 0 Å². The van der Waals surface area contributed by atoms with E-state index in [4.69, 9.17) is 4.74 Å². The second-order valence-electron chi connectivity index (χ2n) is 6.59. The molecule has 0 atom stereocenters. The van der Waals surface area contributed by atoms with E-state index in [9.17, 15) is 25.0 Å². The van der Waals surface area contributed by atoms with Crippen LogP contribution in [0.15, 0.2) is 41.8 Å². The highest BCUT2D eigenvalue weighted by molar-refractivity contribution is 7.15. The van der Waals surface area contributed by atoms with Crippen molar-refractivity contribution in [2.75, 3.05) is 12.4 Å². The van der Waals surface area contributed by atoms with E-state index in [-0.39, 0.29) is 17.1 Å². The van der Waals surface area contributed by atoms with E-state index in [1.165, 1.54) is 18.3 Å². The molecule has 12 nitrogen and oxygen atoms in total. The molecule has 0 bridgehead atoms. The molecule has 32 heavy (non-hydrogen) atoms. The summed E-state index contributed by atoms with van der Waals surface area (Å²) in [6.07, 6.45) is 0. The quantitative estimate of drug-likeness (QED) is 0.340. The SMILES string of the molecule is COc1ccc(-c2csc3nc(NC(=O)c4cc([N+](=O)[O-])c(C)c([N+](=O)[O-])c4)nn23)cc1. The smallest absolute Gasteiger partial charge is 0.279 e. The van der Waals surface area contributed by atoms with Crippen molar-refractivity contribution in [1.29, 1.82) is 0 Å². The van der Waals surface area contributed by atoms with Crippen molar-refractivity contribution in [1.82, 2.24) is 14.6 Å². The molecule has 1 amide bonds. The van der Waals surface area contributed by atoms with Gasteiger partial charge in [-0.3, -0.25) is 30.3 Å². The second-order valence-corrected chi connectivity index (χ2v) is 7.42. The van der Waals surface area contributed by atoms with Crippen molar-refractivity contribution >= 4 is 39.5 Å². The molecule has 2 aromatic carbocycles. The largest absolute Gasteiger partial charge is 0.497 e. The van der Waals surface area contributed by atoms with Gasteiger partial charge < -0.3 is 4.74 Å². The number of nitro benzene ring substituents is 2.